The van der Waals surface area contributed by atoms with Crippen molar-refractivity contribution in [2.75, 3.05) is 0 Å². The number of hydrogen-bond acceptors (Lipinski definition) is 1. The molecule has 2 aliphatic rings. The van der Waals surface area contributed by atoms with Crippen molar-refractivity contribution in [3.8, 4) is 28.3 Å². The van der Waals surface area contributed by atoms with E-state index in [0.29, 0.717) is 0 Å². The van der Waals surface area contributed by atoms with Crippen LogP contribution in [0.3, 0.4) is 0 Å². The van der Waals surface area contributed by atoms with Gasteiger partial charge in [0.2, 0.25) is 0 Å². The van der Waals surface area contributed by atoms with Crippen LogP contribution in [0, 0.1) is 0 Å². The third-order valence-corrected chi connectivity index (χ3v) is 13.6. The fourth-order valence-corrected chi connectivity index (χ4v) is 12.6. The first-order chi connectivity index (χ1) is 19.4. The molecule has 0 radical (unpaired) electrons. The Hall–Kier alpha value is -4.86. The molecule has 0 saturated carbocycles. The summed E-state index contributed by atoms with van der Waals surface area (Å²) in [5, 5.41) is 8.09. The minimum Gasteiger partial charge on any atom is -0.458 e. The SMILES string of the molecule is c1ccc2c(c1)Oc1ccc(-n3c4ccccc4c4ccccc43)cc1[Si]21c2ccccc2-c2ccccc21. The van der Waals surface area contributed by atoms with Crippen molar-refractivity contribution in [3.05, 3.63) is 140 Å². The second-order valence-electron chi connectivity index (χ2n) is 10.5. The van der Waals surface area contributed by atoms with Crippen molar-refractivity contribution in [2.45, 2.75) is 0 Å². The zero-order valence-corrected chi connectivity index (χ0v) is 22.1. The standard InChI is InChI=1S/C36H23NOSi/c1-5-15-29-25(11-1)26-12-2-6-16-30(26)37(29)24-21-22-32-36(23-24)39(35-20-10-7-17-31(35)38-32)33-18-8-3-13-27(33)28-14-4-9-19-34(28)39/h1-23H. The zero-order valence-electron chi connectivity index (χ0n) is 21.1. The molecule has 6 aromatic carbocycles. The maximum atomic E-state index is 6.67. The maximum absolute atomic E-state index is 6.67. The first-order valence-electron chi connectivity index (χ1n) is 13.5. The fraction of sp³-hybridized carbons (Fsp3) is 0. The number of aromatic nitrogens is 1. The molecule has 0 saturated heterocycles. The molecule has 2 aliphatic heterocycles. The van der Waals surface area contributed by atoms with Crippen LogP contribution in [-0.2, 0) is 0 Å². The predicted octanol–water partition coefficient (Wildman–Crippen LogP) is 6.25. The average Bonchev–Trinajstić information content (AvgIpc) is 3.49. The molecule has 9 rings (SSSR count). The molecule has 0 N–H and O–H groups in total. The number of rotatable bonds is 1. The molecule has 3 heterocycles. The van der Waals surface area contributed by atoms with Crippen LogP contribution in [0.5, 0.6) is 11.5 Å². The fourth-order valence-electron chi connectivity index (χ4n) is 7.18. The number of fused-ring (bicyclic) bond motifs is 12. The van der Waals surface area contributed by atoms with Gasteiger partial charge >= 0.3 is 0 Å². The van der Waals surface area contributed by atoms with E-state index in [-0.39, 0.29) is 0 Å². The third-order valence-electron chi connectivity index (χ3n) is 8.67. The van der Waals surface area contributed by atoms with Crippen molar-refractivity contribution < 1.29 is 4.74 Å². The molecule has 3 heteroatoms. The molecule has 1 spiro atoms. The minimum atomic E-state index is -2.62. The Morgan fingerprint density at radius 2 is 0.949 bits per heavy atom. The van der Waals surface area contributed by atoms with Crippen LogP contribution in [0.25, 0.3) is 38.6 Å². The van der Waals surface area contributed by atoms with E-state index in [0.717, 1.165) is 11.5 Å². The van der Waals surface area contributed by atoms with Crippen LogP contribution in [0.1, 0.15) is 0 Å². The van der Waals surface area contributed by atoms with Gasteiger partial charge in [-0.15, -0.1) is 0 Å². The molecule has 7 aromatic rings. The Bertz CT molecular complexity index is 2020. The van der Waals surface area contributed by atoms with Gasteiger partial charge in [-0.05, 0) is 68.3 Å². The molecule has 0 bridgehead atoms. The number of ether oxygens (including phenoxy) is 1. The van der Waals surface area contributed by atoms with Crippen LogP contribution < -0.4 is 25.5 Å². The first kappa shape index (κ1) is 21.1. The molecule has 0 atom stereocenters. The van der Waals surface area contributed by atoms with Gasteiger partial charge in [0, 0.05) is 16.5 Å². The molecule has 0 amide bonds. The lowest BCUT2D eigenvalue weighted by Crippen LogP contribution is -2.74. The molecular formula is C36H23NOSi. The maximum Gasteiger partial charge on any atom is 0.189 e. The smallest absolute Gasteiger partial charge is 0.189 e. The molecule has 0 aliphatic carbocycles. The molecule has 39 heavy (non-hydrogen) atoms. The van der Waals surface area contributed by atoms with Crippen molar-refractivity contribution >= 4 is 50.6 Å². The largest absolute Gasteiger partial charge is 0.458 e. The average molecular weight is 514 g/mol. The van der Waals surface area contributed by atoms with Gasteiger partial charge in [-0.3, -0.25) is 0 Å². The van der Waals surface area contributed by atoms with E-state index in [4.69, 9.17) is 4.74 Å². The number of nitrogens with zero attached hydrogens (tertiary/aromatic N) is 1. The number of para-hydroxylation sites is 3. The van der Waals surface area contributed by atoms with Gasteiger partial charge in [0.15, 0.2) is 8.07 Å². The number of benzene rings is 6. The van der Waals surface area contributed by atoms with Crippen molar-refractivity contribution in [1.29, 1.82) is 0 Å². The Balaban J connectivity index is 1.43. The summed E-state index contributed by atoms with van der Waals surface area (Å²) in [5.41, 5.74) is 6.31. The van der Waals surface area contributed by atoms with E-state index in [9.17, 15) is 0 Å². The van der Waals surface area contributed by atoms with Crippen LogP contribution in [0.4, 0.5) is 0 Å². The lowest BCUT2D eigenvalue weighted by Gasteiger charge is -2.37. The highest BCUT2D eigenvalue weighted by atomic mass is 28.3. The predicted molar refractivity (Wildman–Crippen MR) is 163 cm³/mol. The van der Waals surface area contributed by atoms with Crippen LogP contribution in [0.15, 0.2) is 140 Å². The third kappa shape index (κ3) is 2.60. The highest BCUT2D eigenvalue weighted by Gasteiger charge is 2.53. The molecule has 0 unspecified atom stereocenters. The highest BCUT2D eigenvalue weighted by molar-refractivity contribution is 7.23. The van der Waals surface area contributed by atoms with Crippen LogP contribution in [0.2, 0.25) is 0 Å². The van der Waals surface area contributed by atoms with Gasteiger partial charge in [0.25, 0.3) is 0 Å². The van der Waals surface area contributed by atoms with Gasteiger partial charge in [0.05, 0.1) is 11.0 Å². The van der Waals surface area contributed by atoms with Crippen LogP contribution in [-0.4, -0.2) is 12.6 Å². The Morgan fingerprint density at radius 1 is 0.436 bits per heavy atom. The molecule has 0 fully saturated rings. The zero-order chi connectivity index (χ0) is 25.6. The second-order valence-corrected chi connectivity index (χ2v) is 14.1. The van der Waals surface area contributed by atoms with E-state index in [1.54, 1.807) is 0 Å². The van der Waals surface area contributed by atoms with E-state index < -0.39 is 8.07 Å². The van der Waals surface area contributed by atoms with Gasteiger partial charge in [0.1, 0.15) is 11.5 Å². The Kier molecular flexibility index (Phi) is 4.11. The second kappa shape index (κ2) is 7.59. The first-order valence-corrected chi connectivity index (χ1v) is 15.5. The normalized spacial score (nSPS) is 14.1. The molecule has 2 nitrogen and oxygen atoms in total. The highest BCUT2D eigenvalue weighted by Crippen LogP contribution is 2.38. The Morgan fingerprint density at radius 3 is 1.62 bits per heavy atom. The van der Waals surface area contributed by atoms with Gasteiger partial charge in [-0.25, -0.2) is 0 Å². The lowest BCUT2D eigenvalue weighted by atomic mass is 10.1. The van der Waals surface area contributed by atoms with Gasteiger partial charge in [-0.1, -0.05) is 103 Å². The molecular weight excluding hydrogens is 490 g/mol. The topological polar surface area (TPSA) is 14.2 Å². The Labute approximate surface area is 227 Å². The summed E-state index contributed by atoms with van der Waals surface area (Å²) in [6.07, 6.45) is 0. The summed E-state index contributed by atoms with van der Waals surface area (Å²) in [6.45, 7) is 0. The quantitative estimate of drug-likeness (QED) is 0.237. The summed E-state index contributed by atoms with van der Waals surface area (Å²) in [7, 11) is -2.62. The van der Waals surface area contributed by atoms with Gasteiger partial charge in [-0.2, -0.15) is 0 Å². The minimum absolute atomic E-state index is 0.969. The summed E-state index contributed by atoms with van der Waals surface area (Å²) >= 11 is 0. The van der Waals surface area contributed by atoms with Crippen LogP contribution >= 0.6 is 0 Å². The van der Waals surface area contributed by atoms with Crippen molar-refractivity contribution in [3.63, 3.8) is 0 Å². The summed E-state index contributed by atoms with van der Waals surface area (Å²) in [5.74, 6) is 1.95. The van der Waals surface area contributed by atoms with E-state index in [2.05, 4.69) is 144 Å². The molecule has 1 aromatic heterocycles. The summed E-state index contributed by atoms with van der Waals surface area (Å²) in [6, 6.07) is 51.0. The molecule has 182 valence electrons. The van der Waals surface area contributed by atoms with Gasteiger partial charge < -0.3 is 9.30 Å². The monoisotopic (exact) mass is 513 g/mol. The van der Waals surface area contributed by atoms with Crippen molar-refractivity contribution in [1.82, 2.24) is 4.57 Å². The van der Waals surface area contributed by atoms with E-state index in [1.165, 1.54) is 59.4 Å². The van der Waals surface area contributed by atoms with E-state index in [1.807, 2.05) is 0 Å². The van der Waals surface area contributed by atoms with Crippen molar-refractivity contribution in [2.24, 2.45) is 0 Å². The summed E-state index contributed by atoms with van der Waals surface area (Å²) in [4.78, 5) is 0. The summed E-state index contributed by atoms with van der Waals surface area (Å²) < 4.78 is 9.08. The van der Waals surface area contributed by atoms with E-state index >= 15 is 0 Å². The lowest BCUT2D eigenvalue weighted by molar-refractivity contribution is 0.487. The number of hydrogen-bond donors (Lipinski definition) is 0.